The highest BCUT2D eigenvalue weighted by atomic mass is 35.5. The Labute approximate surface area is 205 Å². The lowest BCUT2D eigenvalue weighted by molar-refractivity contribution is -0.114. The topological polar surface area (TPSA) is 41.9 Å². The number of anilines is 1. The van der Waals surface area contributed by atoms with Crippen molar-refractivity contribution in [1.82, 2.24) is 0 Å². The maximum Gasteiger partial charge on any atom is 0.280 e. The predicted octanol–water partition coefficient (Wildman–Crippen LogP) is 7.07. The number of halogens is 7. The van der Waals surface area contributed by atoms with E-state index in [4.69, 9.17) is 27.9 Å². The Morgan fingerprint density at radius 2 is 1.46 bits per heavy atom. The van der Waals surface area contributed by atoms with Crippen LogP contribution in [0.15, 0.2) is 53.1 Å². The highest BCUT2D eigenvalue weighted by Gasteiger charge is 2.37. The summed E-state index contributed by atoms with van der Waals surface area (Å²) in [5.74, 6) is -11.9. The summed E-state index contributed by atoms with van der Waals surface area (Å²) in [7, 11) is 0. The fourth-order valence-electron chi connectivity index (χ4n) is 3.28. The van der Waals surface area contributed by atoms with Gasteiger partial charge < -0.3 is 4.74 Å². The number of hydrogen-bond acceptors (Lipinski definition) is 3. The lowest BCUT2D eigenvalue weighted by Crippen LogP contribution is -2.25. The van der Waals surface area contributed by atoms with Crippen molar-refractivity contribution in [3.63, 3.8) is 0 Å². The number of hydrazone groups is 1. The van der Waals surface area contributed by atoms with Crippen LogP contribution in [-0.2, 0) is 11.4 Å². The van der Waals surface area contributed by atoms with Crippen LogP contribution in [0.1, 0.15) is 18.1 Å². The molecule has 35 heavy (non-hydrogen) atoms. The fraction of sp³-hybridized carbons (Fsp3) is 0.0833. The second-order valence-corrected chi connectivity index (χ2v) is 8.25. The molecule has 0 N–H and O–H groups in total. The van der Waals surface area contributed by atoms with Gasteiger partial charge in [-0.15, -0.1) is 0 Å². The fourth-order valence-corrected chi connectivity index (χ4v) is 3.58. The van der Waals surface area contributed by atoms with Gasteiger partial charge in [0, 0.05) is 15.6 Å². The van der Waals surface area contributed by atoms with Crippen LogP contribution < -0.4 is 9.75 Å². The molecule has 0 saturated carbocycles. The van der Waals surface area contributed by atoms with Gasteiger partial charge in [-0.1, -0.05) is 35.3 Å². The monoisotopic (exact) mass is 526 g/mol. The molecule has 1 aliphatic rings. The zero-order chi connectivity index (χ0) is 25.4. The van der Waals surface area contributed by atoms with Gasteiger partial charge in [0.25, 0.3) is 5.91 Å². The highest BCUT2D eigenvalue weighted by molar-refractivity contribution is 6.33. The maximum absolute atomic E-state index is 14.3. The van der Waals surface area contributed by atoms with E-state index in [9.17, 15) is 26.7 Å². The first-order chi connectivity index (χ1) is 16.6. The van der Waals surface area contributed by atoms with E-state index < -0.39 is 40.7 Å². The second-order valence-electron chi connectivity index (χ2n) is 7.38. The quantitative estimate of drug-likeness (QED) is 0.154. The predicted molar refractivity (Wildman–Crippen MR) is 122 cm³/mol. The summed E-state index contributed by atoms with van der Waals surface area (Å²) in [4.78, 5) is 12.9. The van der Waals surface area contributed by atoms with Crippen LogP contribution in [-0.4, -0.2) is 11.6 Å². The SMILES string of the molecule is CC1=NN(c2c(F)c(F)c(F)c(F)c2F)C(=O)/C1=C\c1cc(Cl)ccc1OCc1ccc(Cl)cc1. The summed E-state index contributed by atoms with van der Waals surface area (Å²) in [6.45, 7) is 1.49. The summed E-state index contributed by atoms with van der Waals surface area (Å²) < 4.78 is 75.1. The Bertz CT molecular complexity index is 1380. The van der Waals surface area contributed by atoms with Crippen LogP contribution in [0.2, 0.25) is 10.0 Å². The molecular formula is C24H13Cl2F5N2O2. The molecule has 3 aromatic rings. The Morgan fingerprint density at radius 3 is 2.09 bits per heavy atom. The smallest absolute Gasteiger partial charge is 0.280 e. The van der Waals surface area contributed by atoms with Crippen molar-refractivity contribution in [2.45, 2.75) is 13.5 Å². The van der Waals surface area contributed by atoms with Crippen LogP contribution in [0.4, 0.5) is 27.6 Å². The molecule has 1 amide bonds. The first-order valence-electron chi connectivity index (χ1n) is 9.88. The van der Waals surface area contributed by atoms with E-state index >= 15 is 0 Å². The van der Waals surface area contributed by atoms with Crippen molar-refractivity contribution in [2.75, 3.05) is 5.01 Å². The van der Waals surface area contributed by atoms with E-state index in [1.165, 1.54) is 19.1 Å². The number of ether oxygens (including phenoxy) is 1. The van der Waals surface area contributed by atoms with Crippen molar-refractivity contribution in [3.8, 4) is 5.75 Å². The second kappa shape index (κ2) is 9.67. The molecule has 1 heterocycles. The minimum Gasteiger partial charge on any atom is -0.488 e. The van der Waals surface area contributed by atoms with Gasteiger partial charge in [0.1, 0.15) is 18.0 Å². The minimum atomic E-state index is -2.34. The van der Waals surface area contributed by atoms with E-state index in [0.29, 0.717) is 21.4 Å². The van der Waals surface area contributed by atoms with Crippen LogP contribution in [0, 0.1) is 29.1 Å². The van der Waals surface area contributed by atoms with Gasteiger partial charge in [0.05, 0.1) is 11.3 Å². The third-order valence-electron chi connectivity index (χ3n) is 5.04. The zero-order valence-electron chi connectivity index (χ0n) is 17.7. The summed E-state index contributed by atoms with van der Waals surface area (Å²) in [5, 5.41) is 4.70. The first kappa shape index (κ1) is 24.7. The average Bonchev–Trinajstić information content (AvgIpc) is 3.10. The summed E-state index contributed by atoms with van der Waals surface area (Å²) in [6, 6.07) is 11.5. The lowest BCUT2D eigenvalue weighted by atomic mass is 10.1. The van der Waals surface area contributed by atoms with Gasteiger partial charge in [0.2, 0.25) is 5.82 Å². The molecule has 1 aliphatic heterocycles. The zero-order valence-corrected chi connectivity index (χ0v) is 19.2. The van der Waals surface area contributed by atoms with Crippen molar-refractivity contribution >= 4 is 46.6 Å². The molecule has 0 spiro atoms. The number of carbonyl (C=O) groups excluding carboxylic acids is 1. The molecule has 4 rings (SSSR count). The third kappa shape index (κ3) is 4.74. The molecule has 0 atom stereocenters. The third-order valence-corrected chi connectivity index (χ3v) is 5.53. The van der Waals surface area contributed by atoms with Gasteiger partial charge >= 0.3 is 0 Å². The van der Waals surface area contributed by atoms with Crippen LogP contribution >= 0.6 is 23.2 Å². The van der Waals surface area contributed by atoms with E-state index in [2.05, 4.69) is 5.10 Å². The molecule has 0 aromatic heterocycles. The molecular weight excluding hydrogens is 514 g/mol. The number of benzene rings is 3. The maximum atomic E-state index is 14.3. The summed E-state index contributed by atoms with van der Waals surface area (Å²) in [5.41, 5.74) is -0.534. The minimum absolute atomic E-state index is 0.0254. The van der Waals surface area contributed by atoms with E-state index in [1.54, 1.807) is 36.4 Å². The van der Waals surface area contributed by atoms with Gasteiger partial charge in [-0.2, -0.15) is 10.1 Å². The average molecular weight is 527 g/mol. The molecule has 11 heteroatoms. The van der Waals surface area contributed by atoms with E-state index in [1.807, 2.05) is 0 Å². The number of rotatable bonds is 5. The Hall–Kier alpha value is -3.43. The number of hydrogen-bond donors (Lipinski definition) is 0. The molecule has 0 aliphatic carbocycles. The summed E-state index contributed by atoms with van der Waals surface area (Å²) >= 11 is 12.0. The Morgan fingerprint density at radius 1 is 0.886 bits per heavy atom. The normalized spacial score (nSPS) is 14.6. The Kier molecular flexibility index (Phi) is 6.82. The molecule has 0 saturated heterocycles. The lowest BCUT2D eigenvalue weighted by Gasteiger charge is -2.15. The largest absolute Gasteiger partial charge is 0.488 e. The highest BCUT2D eigenvalue weighted by Crippen LogP contribution is 2.35. The standard InChI is InChI=1S/C24H13Cl2F5N2O2/c1-11-16(24(34)33(32-11)23-21(30)19(28)18(27)20(29)22(23)31)9-13-8-15(26)6-7-17(13)35-10-12-2-4-14(25)5-3-12/h2-9H,10H2,1H3/b16-9-. The molecule has 4 nitrogen and oxygen atoms in total. The summed E-state index contributed by atoms with van der Waals surface area (Å²) in [6.07, 6.45) is 1.30. The van der Waals surface area contributed by atoms with Crippen molar-refractivity contribution in [1.29, 1.82) is 0 Å². The molecule has 3 aromatic carbocycles. The molecule has 0 unspecified atom stereocenters. The van der Waals surface area contributed by atoms with Crippen molar-refractivity contribution in [2.24, 2.45) is 5.10 Å². The van der Waals surface area contributed by atoms with Crippen molar-refractivity contribution < 1.29 is 31.5 Å². The van der Waals surface area contributed by atoms with Gasteiger partial charge in [-0.05, 0) is 48.9 Å². The molecule has 0 radical (unpaired) electrons. The molecule has 180 valence electrons. The van der Waals surface area contributed by atoms with Gasteiger partial charge in [-0.3, -0.25) is 4.79 Å². The van der Waals surface area contributed by atoms with Crippen LogP contribution in [0.5, 0.6) is 5.75 Å². The van der Waals surface area contributed by atoms with Crippen LogP contribution in [0.3, 0.4) is 0 Å². The van der Waals surface area contributed by atoms with E-state index in [-0.39, 0.29) is 22.9 Å². The van der Waals surface area contributed by atoms with E-state index in [0.717, 1.165) is 5.56 Å². The first-order valence-corrected chi connectivity index (χ1v) is 10.6. The molecule has 0 bridgehead atoms. The number of nitrogens with zero attached hydrogens (tertiary/aromatic N) is 2. The number of carbonyl (C=O) groups is 1. The number of amides is 1. The van der Waals surface area contributed by atoms with Gasteiger partial charge in [0.15, 0.2) is 23.3 Å². The van der Waals surface area contributed by atoms with Crippen molar-refractivity contribution in [3.05, 3.63) is 98.3 Å². The van der Waals surface area contributed by atoms with Gasteiger partial charge in [-0.25, -0.2) is 22.0 Å². The molecule has 0 fully saturated rings. The Balaban J connectivity index is 1.69. The van der Waals surface area contributed by atoms with Crippen LogP contribution in [0.25, 0.3) is 6.08 Å².